The first-order chi connectivity index (χ1) is 11.2. The van der Waals surface area contributed by atoms with Crippen LogP contribution >= 0.6 is 0 Å². The average molecular weight is 354 g/mol. The Kier molecular flexibility index (Phi) is 38.1. The Balaban J connectivity index is -0.000000114. The van der Waals surface area contributed by atoms with Gasteiger partial charge in [-0.05, 0) is 26.7 Å². The van der Waals surface area contributed by atoms with Gasteiger partial charge in [0.05, 0.1) is 25.9 Å². The number of unbranched alkanes of at least 4 members (excludes halogenated alkanes) is 2. The summed E-state index contributed by atoms with van der Waals surface area (Å²) in [6.45, 7) is 11.5. The summed E-state index contributed by atoms with van der Waals surface area (Å²) in [7, 11) is 0. The lowest BCUT2D eigenvalue weighted by Crippen LogP contribution is -2.03. The van der Waals surface area contributed by atoms with Crippen molar-refractivity contribution in [1.82, 2.24) is 0 Å². The molecule has 0 aromatic heterocycles. The molecule has 0 aromatic rings. The van der Waals surface area contributed by atoms with Crippen LogP contribution in [0.1, 0.15) is 67.2 Å². The summed E-state index contributed by atoms with van der Waals surface area (Å²) in [5.41, 5.74) is 0. The molecule has 0 rings (SSSR count). The number of esters is 2. The zero-order chi connectivity index (χ0) is 19.8. The van der Waals surface area contributed by atoms with E-state index in [1.54, 1.807) is 6.92 Å². The van der Waals surface area contributed by atoms with Crippen LogP contribution < -0.4 is 0 Å². The number of rotatable bonds is 7. The van der Waals surface area contributed by atoms with Gasteiger partial charge < -0.3 is 24.8 Å². The summed E-state index contributed by atoms with van der Waals surface area (Å²) < 4.78 is 9.05. The number of aliphatic hydroxyl groups is 3. The highest BCUT2D eigenvalue weighted by atomic mass is 16.5. The molecule has 0 amide bonds. The summed E-state index contributed by atoms with van der Waals surface area (Å²) in [6.07, 6.45) is 3.53. The lowest BCUT2D eigenvalue weighted by molar-refractivity contribution is -0.141. The van der Waals surface area contributed by atoms with Gasteiger partial charge in [0.2, 0.25) is 0 Å². The zero-order valence-corrected chi connectivity index (χ0v) is 16.2. The number of hydrogen-bond donors (Lipinski definition) is 3. The maximum Gasteiger partial charge on any atom is 0.302 e. The van der Waals surface area contributed by atoms with E-state index in [1.165, 1.54) is 20.8 Å². The smallest absolute Gasteiger partial charge is 0.302 e. The fraction of sp³-hybridized carbons (Fsp3) is 0.882. The first-order valence-electron chi connectivity index (χ1n) is 8.39. The van der Waals surface area contributed by atoms with E-state index < -0.39 is 6.10 Å². The second kappa shape index (κ2) is 29.8. The highest BCUT2D eigenvalue weighted by molar-refractivity contribution is 5.66. The van der Waals surface area contributed by atoms with Crippen LogP contribution in [0.4, 0.5) is 0 Å². The Labute approximate surface area is 147 Å². The third-order valence-corrected chi connectivity index (χ3v) is 1.93. The molecule has 0 radical (unpaired) electrons. The number of carbonyl (C=O) groups is 2. The summed E-state index contributed by atoms with van der Waals surface area (Å²) in [6, 6.07) is 0. The summed E-state index contributed by atoms with van der Waals surface area (Å²) >= 11 is 0. The molecule has 0 aliphatic heterocycles. The van der Waals surface area contributed by atoms with E-state index in [-0.39, 0.29) is 18.5 Å². The molecule has 0 bridgehead atoms. The predicted molar refractivity (Wildman–Crippen MR) is 94.6 cm³/mol. The third-order valence-electron chi connectivity index (χ3n) is 1.93. The average Bonchev–Trinajstić information content (AvgIpc) is 2.49. The minimum atomic E-state index is -0.560. The first kappa shape index (κ1) is 30.7. The van der Waals surface area contributed by atoms with Gasteiger partial charge in [0.15, 0.2) is 0 Å². The fourth-order valence-electron chi connectivity index (χ4n) is 0.722. The molecule has 0 saturated carbocycles. The van der Waals surface area contributed by atoms with Gasteiger partial charge in [-0.3, -0.25) is 9.59 Å². The van der Waals surface area contributed by atoms with E-state index in [2.05, 4.69) is 23.3 Å². The van der Waals surface area contributed by atoms with Gasteiger partial charge in [0.1, 0.15) is 0 Å². The monoisotopic (exact) mass is 354 g/mol. The molecule has 0 saturated heterocycles. The Bertz CT molecular complexity index is 241. The van der Waals surface area contributed by atoms with Crippen molar-refractivity contribution in [2.24, 2.45) is 0 Å². The van der Waals surface area contributed by atoms with E-state index in [4.69, 9.17) is 15.3 Å². The van der Waals surface area contributed by atoms with Crippen LogP contribution in [0.2, 0.25) is 0 Å². The van der Waals surface area contributed by atoms with Crippen LogP contribution in [0.3, 0.4) is 0 Å². The molecular formula is C17H38O7. The van der Waals surface area contributed by atoms with Crippen LogP contribution in [-0.2, 0) is 19.1 Å². The largest absolute Gasteiger partial charge is 0.466 e. The first-order valence-corrected chi connectivity index (χ1v) is 8.39. The Hall–Kier alpha value is -1.18. The lowest BCUT2D eigenvalue weighted by atomic mass is 10.4. The van der Waals surface area contributed by atoms with Crippen LogP contribution in [0.15, 0.2) is 0 Å². The maximum atomic E-state index is 10.1. The molecule has 148 valence electrons. The van der Waals surface area contributed by atoms with Crippen LogP contribution in [0, 0.1) is 0 Å². The standard InChI is InChI=1S/C6H12O2.C4H8O2.C4H10O.C3H8O2/c1-3-4-5-8-6(2)7;1-3-6-4(2)5;1-2-3-4-5;1-3(5)2-4/h3-5H2,1-2H3;3H2,1-2H3;5H,2-4H2,1H3;3-5H,2H2,1H3. The SMILES string of the molecule is CC(O)CO.CCCCO.CCCCOC(C)=O.CCOC(C)=O. The van der Waals surface area contributed by atoms with Crippen molar-refractivity contribution in [2.45, 2.75) is 73.3 Å². The minimum Gasteiger partial charge on any atom is -0.466 e. The Morgan fingerprint density at radius 2 is 1.33 bits per heavy atom. The normalized spacial score (nSPS) is 9.71. The molecule has 3 N–H and O–H groups in total. The van der Waals surface area contributed by atoms with Gasteiger partial charge in [-0.15, -0.1) is 0 Å². The molecule has 7 heteroatoms. The number of hydrogen-bond acceptors (Lipinski definition) is 7. The van der Waals surface area contributed by atoms with Crippen molar-refractivity contribution in [3.63, 3.8) is 0 Å². The molecular weight excluding hydrogens is 316 g/mol. The van der Waals surface area contributed by atoms with E-state index in [0.29, 0.717) is 19.8 Å². The molecule has 0 aliphatic carbocycles. The summed E-state index contributed by atoms with van der Waals surface area (Å²) in [4.78, 5) is 19.9. The Morgan fingerprint density at radius 1 is 0.917 bits per heavy atom. The summed E-state index contributed by atoms with van der Waals surface area (Å²) in [5, 5.41) is 24.1. The summed E-state index contributed by atoms with van der Waals surface area (Å²) in [5.74, 6) is -0.393. The van der Waals surface area contributed by atoms with Crippen molar-refractivity contribution < 1.29 is 34.4 Å². The van der Waals surface area contributed by atoms with Crippen molar-refractivity contribution in [2.75, 3.05) is 26.4 Å². The molecule has 1 unspecified atom stereocenters. The van der Waals surface area contributed by atoms with Gasteiger partial charge >= 0.3 is 11.9 Å². The third kappa shape index (κ3) is 69.9. The zero-order valence-electron chi connectivity index (χ0n) is 16.2. The number of aliphatic hydroxyl groups excluding tert-OH is 3. The van der Waals surface area contributed by atoms with Crippen LogP contribution in [0.5, 0.6) is 0 Å². The lowest BCUT2D eigenvalue weighted by Gasteiger charge is -1.96. The maximum absolute atomic E-state index is 10.1. The van der Waals surface area contributed by atoms with Crippen LogP contribution in [-0.4, -0.2) is 59.8 Å². The van der Waals surface area contributed by atoms with E-state index in [0.717, 1.165) is 25.7 Å². The number of carbonyl (C=O) groups excluding carboxylic acids is 2. The van der Waals surface area contributed by atoms with Crippen molar-refractivity contribution in [1.29, 1.82) is 0 Å². The molecule has 7 nitrogen and oxygen atoms in total. The fourth-order valence-corrected chi connectivity index (χ4v) is 0.722. The molecule has 24 heavy (non-hydrogen) atoms. The molecule has 0 aliphatic rings. The van der Waals surface area contributed by atoms with Gasteiger partial charge in [-0.1, -0.05) is 26.7 Å². The van der Waals surface area contributed by atoms with Gasteiger partial charge in [-0.25, -0.2) is 0 Å². The minimum absolute atomic E-state index is 0.139. The van der Waals surface area contributed by atoms with Crippen molar-refractivity contribution in [3.05, 3.63) is 0 Å². The van der Waals surface area contributed by atoms with Crippen molar-refractivity contribution >= 4 is 11.9 Å². The van der Waals surface area contributed by atoms with Gasteiger partial charge in [-0.2, -0.15) is 0 Å². The highest BCUT2D eigenvalue weighted by Gasteiger charge is 1.88. The molecule has 0 fully saturated rings. The molecule has 1 atom stereocenters. The quantitative estimate of drug-likeness (QED) is 0.473. The second-order valence-electron chi connectivity index (χ2n) is 4.73. The van der Waals surface area contributed by atoms with E-state index in [1.807, 2.05) is 0 Å². The van der Waals surface area contributed by atoms with E-state index in [9.17, 15) is 9.59 Å². The number of ether oxygens (including phenoxy) is 2. The van der Waals surface area contributed by atoms with Crippen molar-refractivity contribution in [3.8, 4) is 0 Å². The Morgan fingerprint density at radius 3 is 1.46 bits per heavy atom. The predicted octanol–water partition coefficient (Wildman–Crippen LogP) is 2.06. The molecule has 0 heterocycles. The second-order valence-corrected chi connectivity index (χ2v) is 4.73. The topological polar surface area (TPSA) is 113 Å². The highest BCUT2D eigenvalue weighted by Crippen LogP contribution is 1.86. The van der Waals surface area contributed by atoms with E-state index >= 15 is 0 Å². The molecule has 0 aromatic carbocycles. The van der Waals surface area contributed by atoms with Crippen LogP contribution in [0.25, 0.3) is 0 Å². The van der Waals surface area contributed by atoms with Gasteiger partial charge in [0, 0.05) is 20.5 Å². The van der Waals surface area contributed by atoms with Gasteiger partial charge in [0.25, 0.3) is 0 Å². The molecule has 0 spiro atoms.